The quantitative estimate of drug-likeness (QED) is 0.797. The number of halogens is 1. The van der Waals surface area contributed by atoms with Crippen molar-refractivity contribution in [1.29, 1.82) is 0 Å². The Morgan fingerprint density at radius 3 is 2.54 bits per heavy atom. The molecule has 1 aromatic rings. The van der Waals surface area contributed by atoms with Crippen molar-refractivity contribution in [3.05, 3.63) is 17.9 Å². The highest BCUT2D eigenvalue weighted by atomic mass is 32.1. The van der Waals surface area contributed by atoms with Gasteiger partial charge in [-0.1, -0.05) is 12.6 Å². The van der Waals surface area contributed by atoms with Gasteiger partial charge in [-0.05, 0) is 13.8 Å². The fourth-order valence-corrected chi connectivity index (χ4v) is 1.01. The van der Waals surface area contributed by atoms with Gasteiger partial charge in [-0.15, -0.1) is 0 Å². The summed E-state index contributed by atoms with van der Waals surface area (Å²) in [6, 6.07) is 2.48. The van der Waals surface area contributed by atoms with Crippen molar-refractivity contribution in [2.75, 3.05) is 0 Å². The molecule has 0 fully saturated rings. The third-order valence-electron chi connectivity index (χ3n) is 1.37. The number of benzene rings is 1. The molecule has 1 aromatic carbocycles. The van der Waals surface area contributed by atoms with Gasteiger partial charge in [-0.25, -0.2) is 4.39 Å². The average molecular weight is 201 g/mol. The molecule has 0 aliphatic carbocycles. The zero-order valence-corrected chi connectivity index (χ0v) is 8.19. The predicted molar refractivity (Wildman–Crippen MR) is 49.7 cm³/mol. The lowest BCUT2D eigenvalue weighted by atomic mass is 10.3. The van der Waals surface area contributed by atoms with Crippen LogP contribution in [0, 0.1) is 5.82 Å². The van der Waals surface area contributed by atoms with Gasteiger partial charge in [0.05, 0.1) is 6.10 Å². The number of hydrogen-bond acceptors (Lipinski definition) is 2. The van der Waals surface area contributed by atoms with Crippen molar-refractivity contribution in [2.24, 2.45) is 0 Å². The lowest BCUT2D eigenvalue weighted by molar-refractivity contribution is 0.239. The Morgan fingerprint density at radius 2 is 2.08 bits per heavy atom. The van der Waals surface area contributed by atoms with Crippen LogP contribution in [-0.4, -0.2) is 11.2 Å². The highest BCUT2D eigenvalue weighted by molar-refractivity contribution is 7.80. The van der Waals surface area contributed by atoms with Crippen molar-refractivity contribution in [2.45, 2.75) is 24.8 Å². The van der Waals surface area contributed by atoms with Crippen LogP contribution in [0.3, 0.4) is 0 Å². The molecule has 1 N–H and O–H groups in total. The molecule has 0 bridgehead atoms. The Balaban J connectivity index is 2.99. The second-order valence-electron chi connectivity index (χ2n) is 2.92. The minimum absolute atomic E-state index is 0.0604. The SMILES string of the molecule is CC(C)Oc1cc(O)c([S])c(F)c1. The van der Waals surface area contributed by atoms with Gasteiger partial charge < -0.3 is 9.84 Å². The van der Waals surface area contributed by atoms with E-state index in [1.54, 1.807) is 0 Å². The van der Waals surface area contributed by atoms with Crippen LogP contribution in [-0.2, 0) is 0 Å². The monoisotopic (exact) mass is 201 g/mol. The van der Waals surface area contributed by atoms with Crippen LogP contribution in [0.4, 0.5) is 4.39 Å². The van der Waals surface area contributed by atoms with E-state index in [1.165, 1.54) is 12.1 Å². The molecule has 0 aliphatic rings. The molecule has 1 radical (unpaired) electrons. The van der Waals surface area contributed by atoms with E-state index in [0.29, 0.717) is 5.75 Å². The minimum atomic E-state index is -0.634. The van der Waals surface area contributed by atoms with Crippen LogP contribution >= 0.6 is 12.6 Å². The first-order valence-corrected chi connectivity index (χ1v) is 4.27. The number of aromatic hydroxyl groups is 1. The van der Waals surface area contributed by atoms with Crippen molar-refractivity contribution in [3.8, 4) is 11.5 Å². The smallest absolute Gasteiger partial charge is 0.148 e. The Kier molecular flexibility index (Phi) is 2.93. The second kappa shape index (κ2) is 3.79. The average Bonchev–Trinajstić information content (AvgIpc) is 1.98. The number of phenols is 1. The first-order valence-electron chi connectivity index (χ1n) is 3.87. The molecular weight excluding hydrogens is 191 g/mol. The molecule has 0 unspecified atom stereocenters. The van der Waals surface area contributed by atoms with E-state index in [0.717, 1.165) is 0 Å². The number of phenolic OH excluding ortho intramolecular Hbond substituents is 1. The molecule has 4 heteroatoms. The Bertz CT molecular complexity index is 289. The van der Waals surface area contributed by atoms with E-state index in [-0.39, 0.29) is 16.7 Å². The van der Waals surface area contributed by atoms with Crippen molar-refractivity contribution < 1.29 is 14.2 Å². The maximum atomic E-state index is 12.9. The molecule has 0 amide bonds. The summed E-state index contributed by atoms with van der Waals surface area (Å²) in [7, 11) is 0. The summed E-state index contributed by atoms with van der Waals surface area (Å²) in [4.78, 5) is -0.170. The number of ether oxygens (including phenoxy) is 1. The summed E-state index contributed by atoms with van der Waals surface area (Å²) >= 11 is 4.59. The van der Waals surface area contributed by atoms with Crippen molar-refractivity contribution >= 4 is 12.6 Å². The standard InChI is InChI=1S/C9H10FO2S/c1-5(2)12-6-3-7(10)9(13)8(11)4-6/h3-5,11H,1-2H3. The van der Waals surface area contributed by atoms with E-state index in [2.05, 4.69) is 12.6 Å². The van der Waals surface area contributed by atoms with Gasteiger partial charge in [0.15, 0.2) is 0 Å². The van der Waals surface area contributed by atoms with Crippen LogP contribution in [0.2, 0.25) is 0 Å². The highest BCUT2D eigenvalue weighted by Gasteiger charge is 2.09. The van der Waals surface area contributed by atoms with Gasteiger partial charge >= 0.3 is 0 Å². The Hall–Kier alpha value is -1.03. The molecule has 0 spiro atoms. The zero-order valence-electron chi connectivity index (χ0n) is 7.37. The largest absolute Gasteiger partial charge is 0.506 e. The van der Waals surface area contributed by atoms with Gasteiger partial charge in [0, 0.05) is 12.1 Å². The number of rotatable bonds is 2. The second-order valence-corrected chi connectivity index (χ2v) is 3.33. The van der Waals surface area contributed by atoms with Crippen LogP contribution in [0.25, 0.3) is 0 Å². The molecule has 0 saturated heterocycles. The van der Waals surface area contributed by atoms with Gasteiger partial charge in [0.1, 0.15) is 22.2 Å². The maximum absolute atomic E-state index is 12.9. The zero-order chi connectivity index (χ0) is 10.0. The number of hydrogen-bond donors (Lipinski definition) is 1. The van der Waals surface area contributed by atoms with Gasteiger partial charge in [0.2, 0.25) is 0 Å². The van der Waals surface area contributed by atoms with Gasteiger partial charge in [0.25, 0.3) is 0 Å². The first kappa shape index (κ1) is 10.1. The summed E-state index contributed by atoms with van der Waals surface area (Å²) in [6.07, 6.45) is -0.0604. The summed E-state index contributed by atoms with van der Waals surface area (Å²) in [5.41, 5.74) is 0. The van der Waals surface area contributed by atoms with Crippen LogP contribution in [0.1, 0.15) is 13.8 Å². The molecule has 0 aromatic heterocycles. The highest BCUT2D eigenvalue weighted by Crippen LogP contribution is 2.29. The predicted octanol–water partition coefficient (Wildman–Crippen LogP) is 2.87. The maximum Gasteiger partial charge on any atom is 0.148 e. The van der Waals surface area contributed by atoms with Crippen molar-refractivity contribution in [1.82, 2.24) is 0 Å². The summed E-state index contributed by atoms with van der Waals surface area (Å²) in [6.45, 7) is 3.63. The summed E-state index contributed by atoms with van der Waals surface area (Å²) < 4.78 is 18.1. The Morgan fingerprint density at radius 1 is 1.46 bits per heavy atom. The normalized spacial score (nSPS) is 10.5. The summed E-state index contributed by atoms with van der Waals surface area (Å²) in [5, 5.41) is 9.17. The molecule has 0 heterocycles. The fraction of sp³-hybridized carbons (Fsp3) is 0.333. The van der Waals surface area contributed by atoms with Gasteiger partial charge in [-0.2, -0.15) is 0 Å². The van der Waals surface area contributed by atoms with E-state index >= 15 is 0 Å². The topological polar surface area (TPSA) is 29.5 Å². The molecule has 71 valence electrons. The molecular formula is C9H10FO2S. The van der Waals surface area contributed by atoms with E-state index in [1.807, 2.05) is 13.8 Å². The lowest BCUT2D eigenvalue weighted by Gasteiger charge is -2.10. The van der Waals surface area contributed by atoms with Crippen LogP contribution in [0.15, 0.2) is 17.0 Å². The first-order chi connectivity index (χ1) is 6.00. The van der Waals surface area contributed by atoms with Gasteiger partial charge in [-0.3, -0.25) is 0 Å². The minimum Gasteiger partial charge on any atom is -0.506 e. The van der Waals surface area contributed by atoms with Crippen LogP contribution < -0.4 is 4.74 Å². The molecule has 0 atom stereocenters. The van der Waals surface area contributed by atoms with E-state index in [4.69, 9.17) is 9.84 Å². The van der Waals surface area contributed by atoms with E-state index in [9.17, 15) is 4.39 Å². The molecule has 0 saturated carbocycles. The molecule has 13 heavy (non-hydrogen) atoms. The lowest BCUT2D eigenvalue weighted by Crippen LogP contribution is -2.05. The molecule has 0 aliphatic heterocycles. The Labute approximate surface area is 81.8 Å². The van der Waals surface area contributed by atoms with Crippen LogP contribution in [0.5, 0.6) is 11.5 Å². The molecule has 1 rings (SSSR count). The fourth-order valence-electron chi connectivity index (χ4n) is 0.895. The summed E-state index contributed by atoms with van der Waals surface area (Å²) in [5.74, 6) is -0.602. The van der Waals surface area contributed by atoms with Crippen molar-refractivity contribution in [3.63, 3.8) is 0 Å². The van der Waals surface area contributed by atoms with E-state index < -0.39 is 5.82 Å². The molecule has 2 nitrogen and oxygen atoms in total. The third kappa shape index (κ3) is 2.45. The third-order valence-corrected chi connectivity index (χ3v) is 1.77.